The first-order valence-electron chi connectivity index (χ1n) is 5.33. The van der Waals surface area contributed by atoms with Gasteiger partial charge in [0.05, 0.1) is 7.11 Å². The molecule has 2 rings (SSSR count). The predicted octanol–water partition coefficient (Wildman–Crippen LogP) is 3.50. The topological polar surface area (TPSA) is 26.3 Å². The van der Waals surface area contributed by atoms with Crippen LogP contribution in [0.1, 0.15) is 15.9 Å². The highest BCUT2D eigenvalue weighted by Gasteiger charge is 2.15. The quantitative estimate of drug-likeness (QED) is 0.663. The fourth-order valence-corrected chi connectivity index (χ4v) is 2.14. The van der Waals surface area contributed by atoms with Crippen LogP contribution >= 0.6 is 25.3 Å². The highest BCUT2D eigenvalue weighted by Crippen LogP contribution is 2.25. The molecule has 2 aromatic rings. The minimum absolute atomic E-state index is 0.107. The maximum Gasteiger partial charge on any atom is 0.195 e. The lowest BCUT2D eigenvalue weighted by Gasteiger charge is -2.08. The second-order valence-electron chi connectivity index (χ2n) is 3.73. The number of ketones is 1. The van der Waals surface area contributed by atoms with E-state index in [1.807, 2.05) is 12.1 Å². The summed E-state index contributed by atoms with van der Waals surface area (Å²) in [6.07, 6.45) is 0. The number of methoxy groups -OCH3 is 1. The third-order valence-corrected chi connectivity index (χ3v) is 3.38. The fourth-order valence-electron chi connectivity index (χ4n) is 1.63. The van der Waals surface area contributed by atoms with Crippen LogP contribution in [-0.4, -0.2) is 12.9 Å². The van der Waals surface area contributed by atoms with Crippen LogP contribution < -0.4 is 4.74 Å². The van der Waals surface area contributed by atoms with Crippen molar-refractivity contribution in [3.63, 3.8) is 0 Å². The van der Waals surface area contributed by atoms with E-state index in [2.05, 4.69) is 25.3 Å². The molecule has 2 aromatic carbocycles. The standard InChI is InChI=1S/C14H12O2S2/c1-16-9-6-7-13(18)11(8-9)14(15)10-4-2-3-5-12(10)17/h2-8,17-18H,1H3. The number of benzene rings is 2. The molecule has 0 aliphatic carbocycles. The highest BCUT2D eigenvalue weighted by atomic mass is 32.1. The molecule has 0 radical (unpaired) electrons. The van der Waals surface area contributed by atoms with Crippen LogP contribution in [0.5, 0.6) is 5.75 Å². The monoisotopic (exact) mass is 276 g/mol. The van der Waals surface area contributed by atoms with Gasteiger partial charge in [-0.15, -0.1) is 25.3 Å². The van der Waals surface area contributed by atoms with Gasteiger partial charge < -0.3 is 4.74 Å². The summed E-state index contributed by atoms with van der Waals surface area (Å²) in [5.41, 5.74) is 1.07. The van der Waals surface area contributed by atoms with Crippen molar-refractivity contribution in [3.8, 4) is 5.75 Å². The third-order valence-electron chi connectivity index (χ3n) is 2.60. The van der Waals surface area contributed by atoms with Gasteiger partial charge in [-0.05, 0) is 30.3 Å². The Morgan fingerprint density at radius 2 is 1.67 bits per heavy atom. The zero-order valence-electron chi connectivity index (χ0n) is 9.75. The molecule has 0 bridgehead atoms. The number of rotatable bonds is 3. The number of thiol groups is 2. The van der Waals surface area contributed by atoms with Crippen molar-refractivity contribution < 1.29 is 9.53 Å². The van der Waals surface area contributed by atoms with Gasteiger partial charge >= 0.3 is 0 Å². The van der Waals surface area contributed by atoms with Gasteiger partial charge in [-0.1, -0.05) is 12.1 Å². The van der Waals surface area contributed by atoms with Crippen molar-refractivity contribution in [1.29, 1.82) is 0 Å². The molecule has 18 heavy (non-hydrogen) atoms. The average molecular weight is 276 g/mol. The first-order valence-corrected chi connectivity index (χ1v) is 6.22. The largest absolute Gasteiger partial charge is 0.497 e. The molecule has 0 atom stereocenters. The molecular formula is C14H12O2S2. The minimum Gasteiger partial charge on any atom is -0.497 e. The third kappa shape index (κ3) is 2.54. The first kappa shape index (κ1) is 13.1. The molecule has 0 heterocycles. The van der Waals surface area contributed by atoms with Gasteiger partial charge in [0, 0.05) is 20.9 Å². The molecule has 0 saturated heterocycles. The van der Waals surface area contributed by atoms with Crippen molar-refractivity contribution >= 4 is 31.0 Å². The summed E-state index contributed by atoms with van der Waals surface area (Å²) in [5, 5.41) is 0. The Kier molecular flexibility index (Phi) is 3.99. The van der Waals surface area contributed by atoms with Crippen LogP contribution in [0.3, 0.4) is 0 Å². The SMILES string of the molecule is COc1ccc(S)c(C(=O)c2ccccc2S)c1. The van der Waals surface area contributed by atoms with Crippen LogP contribution in [-0.2, 0) is 0 Å². The van der Waals surface area contributed by atoms with Crippen LogP contribution in [0, 0.1) is 0 Å². The van der Waals surface area contributed by atoms with Crippen molar-refractivity contribution in [2.75, 3.05) is 7.11 Å². The molecule has 0 aromatic heterocycles. The Labute approximate surface area is 117 Å². The lowest BCUT2D eigenvalue weighted by molar-refractivity contribution is 0.103. The molecule has 0 spiro atoms. The van der Waals surface area contributed by atoms with Crippen molar-refractivity contribution in [1.82, 2.24) is 0 Å². The van der Waals surface area contributed by atoms with Crippen LogP contribution in [0.4, 0.5) is 0 Å². The summed E-state index contributed by atoms with van der Waals surface area (Å²) in [4.78, 5) is 13.7. The Morgan fingerprint density at radius 1 is 1.00 bits per heavy atom. The zero-order chi connectivity index (χ0) is 13.1. The number of hydrogen-bond acceptors (Lipinski definition) is 4. The molecule has 0 aliphatic rings. The second kappa shape index (κ2) is 5.50. The highest BCUT2D eigenvalue weighted by molar-refractivity contribution is 7.80. The van der Waals surface area contributed by atoms with E-state index in [1.54, 1.807) is 37.4 Å². The summed E-state index contributed by atoms with van der Waals surface area (Å²) in [5.74, 6) is 0.525. The summed E-state index contributed by atoms with van der Waals surface area (Å²) >= 11 is 8.60. The fraction of sp³-hybridized carbons (Fsp3) is 0.0714. The van der Waals surface area contributed by atoms with Gasteiger partial charge in [-0.2, -0.15) is 0 Å². The van der Waals surface area contributed by atoms with Gasteiger partial charge in [-0.25, -0.2) is 0 Å². The van der Waals surface area contributed by atoms with Crippen LogP contribution in [0.25, 0.3) is 0 Å². The van der Waals surface area contributed by atoms with Gasteiger partial charge in [0.15, 0.2) is 5.78 Å². The van der Waals surface area contributed by atoms with Crippen molar-refractivity contribution in [2.45, 2.75) is 9.79 Å². The van der Waals surface area contributed by atoms with E-state index < -0.39 is 0 Å². The number of carbonyl (C=O) groups is 1. The van der Waals surface area contributed by atoms with E-state index >= 15 is 0 Å². The molecular weight excluding hydrogens is 264 g/mol. The second-order valence-corrected chi connectivity index (χ2v) is 4.69. The summed E-state index contributed by atoms with van der Waals surface area (Å²) < 4.78 is 5.12. The molecule has 0 aliphatic heterocycles. The Hall–Kier alpha value is -1.39. The molecule has 0 saturated carbocycles. The maximum atomic E-state index is 12.4. The first-order chi connectivity index (χ1) is 8.63. The van der Waals surface area contributed by atoms with E-state index in [0.29, 0.717) is 26.7 Å². The summed E-state index contributed by atoms with van der Waals surface area (Å²) in [6, 6.07) is 12.4. The van der Waals surface area contributed by atoms with Gasteiger partial charge in [0.1, 0.15) is 5.75 Å². The predicted molar refractivity (Wildman–Crippen MR) is 77.4 cm³/mol. The Bertz CT molecular complexity index is 594. The van der Waals surface area contributed by atoms with Crippen LogP contribution in [0.15, 0.2) is 52.3 Å². The molecule has 4 heteroatoms. The zero-order valence-corrected chi connectivity index (χ0v) is 11.5. The van der Waals surface area contributed by atoms with Crippen molar-refractivity contribution in [3.05, 3.63) is 53.6 Å². The summed E-state index contributed by atoms with van der Waals surface area (Å²) in [6.45, 7) is 0. The normalized spacial score (nSPS) is 10.2. The molecule has 2 nitrogen and oxygen atoms in total. The van der Waals surface area contributed by atoms with Crippen LogP contribution in [0.2, 0.25) is 0 Å². The molecule has 0 N–H and O–H groups in total. The number of carbonyl (C=O) groups excluding carboxylic acids is 1. The van der Waals surface area contributed by atoms with Gasteiger partial charge in [0.25, 0.3) is 0 Å². The molecule has 0 unspecified atom stereocenters. The van der Waals surface area contributed by atoms with Crippen molar-refractivity contribution in [2.24, 2.45) is 0 Å². The smallest absolute Gasteiger partial charge is 0.195 e. The number of ether oxygens (including phenoxy) is 1. The van der Waals surface area contributed by atoms with E-state index in [4.69, 9.17) is 4.74 Å². The summed E-state index contributed by atoms with van der Waals surface area (Å²) in [7, 11) is 1.56. The van der Waals surface area contributed by atoms with E-state index in [-0.39, 0.29) is 5.78 Å². The van der Waals surface area contributed by atoms with Gasteiger partial charge in [0.2, 0.25) is 0 Å². The van der Waals surface area contributed by atoms with E-state index in [1.165, 1.54) is 0 Å². The average Bonchev–Trinajstić information content (AvgIpc) is 2.39. The Balaban J connectivity index is 2.49. The van der Waals surface area contributed by atoms with E-state index in [0.717, 1.165) is 0 Å². The Morgan fingerprint density at radius 3 is 2.33 bits per heavy atom. The van der Waals surface area contributed by atoms with E-state index in [9.17, 15) is 4.79 Å². The number of hydrogen-bond donors (Lipinski definition) is 2. The maximum absolute atomic E-state index is 12.4. The minimum atomic E-state index is -0.107. The molecule has 0 amide bonds. The molecule has 0 fully saturated rings. The van der Waals surface area contributed by atoms with Gasteiger partial charge in [-0.3, -0.25) is 4.79 Å². The molecule has 92 valence electrons. The lowest BCUT2D eigenvalue weighted by atomic mass is 10.0. The lowest BCUT2D eigenvalue weighted by Crippen LogP contribution is -2.04.